The van der Waals surface area contributed by atoms with Crippen LogP contribution in [-0.2, 0) is 4.74 Å². The number of amides is 1. The molecule has 1 aromatic rings. The summed E-state index contributed by atoms with van der Waals surface area (Å²) in [6.45, 7) is 7.03. The summed E-state index contributed by atoms with van der Waals surface area (Å²) in [5.41, 5.74) is 7.21. The highest BCUT2D eigenvalue weighted by atomic mass is 79.9. The number of carbonyl (C=O) groups is 1. The monoisotopic (exact) mass is 451 g/mol. The fourth-order valence-corrected chi connectivity index (χ4v) is 5.19. The summed E-state index contributed by atoms with van der Waals surface area (Å²) in [6, 6.07) is 6.63. The molecule has 2 fully saturated rings. The Hall–Kier alpha value is -1.11. The van der Waals surface area contributed by atoms with E-state index in [1.54, 1.807) is 12.1 Å². The van der Waals surface area contributed by atoms with E-state index in [1.807, 2.05) is 6.07 Å². The predicted octanol–water partition coefficient (Wildman–Crippen LogP) is 4.07. The lowest BCUT2D eigenvalue weighted by atomic mass is 9.75. The average molecular weight is 452 g/mol. The van der Waals surface area contributed by atoms with E-state index in [0.29, 0.717) is 35.8 Å². The topological polar surface area (TPSA) is 67.6 Å². The van der Waals surface area contributed by atoms with E-state index >= 15 is 0 Å². The highest BCUT2D eigenvalue weighted by molar-refractivity contribution is 9.10. The van der Waals surface area contributed by atoms with Gasteiger partial charge in [-0.25, -0.2) is 0 Å². The molecule has 1 aromatic carbocycles. The number of nitrogens with two attached hydrogens (primary N) is 1. The van der Waals surface area contributed by atoms with Crippen LogP contribution in [0, 0.1) is 11.3 Å². The Bertz CT molecular complexity index is 690. The van der Waals surface area contributed by atoms with Crippen LogP contribution in [0.1, 0.15) is 56.3 Å². The van der Waals surface area contributed by atoms with Gasteiger partial charge >= 0.3 is 0 Å². The number of ether oxygens (including phenoxy) is 1. The second-order valence-electron chi connectivity index (χ2n) is 8.84. The minimum Gasteiger partial charge on any atom is -0.398 e. The summed E-state index contributed by atoms with van der Waals surface area (Å²) in [4.78, 5) is 15.3. The van der Waals surface area contributed by atoms with Gasteiger partial charge in [-0.1, -0.05) is 29.8 Å². The third-order valence-electron chi connectivity index (χ3n) is 7.05. The van der Waals surface area contributed by atoms with Crippen molar-refractivity contribution in [1.29, 1.82) is 0 Å². The van der Waals surface area contributed by atoms with Crippen molar-refractivity contribution >= 4 is 27.5 Å². The van der Waals surface area contributed by atoms with Crippen LogP contribution in [0.5, 0.6) is 0 Å². The molecule has 1 saturated heterocycles. The van der Waals surface area contributed by atoms with E-state index in [2.05, 4.69) is 47.0 Å². The fraction of sp³-hybridized carbons (Fsp3) is 0.682. The van der Waals surface area contributed by atoms with Gasteiger partial charge in [-0.3, -0.25) is 4.79 Å². The Kier molecular flexibility index (Phi) is 7.05. The van der Waals surface area contributed by atoms with E-state index in [-0.39, 0.29) is 11.3 Å². The van der Waals surface area contributed by atoms with Crippen molar-refractivity contribution in [3.8, 4) is 0 Å². The first-order chi connectivity index (χ1) is 13.3. The maximum absolute atomic E-state index is 12.8. The van der Waals surface area contributed by atoms with Gasteiger partial charge in [0.15, 0.2) is 0 Å². The number of hydrogen-bond acceptors (Lipinski definition) is 4. The Balaban J connectivity index is 1.64. The first-order valence-electron chi connectivity index (χ1n) is 10.5. The average Bonchev–Trinajstić information content (AvgIpc) is 3.14. The van der Waals surface area contributed by atoms with Crippen LogP contribution >= 0.6 is 15.9 Å². The molecule has 3 rings (SSSR count). The number of carbonyl (C=O) groups excluding carboxylic acids is 1. The zero-order valence-electron chi connectivity index (χ0n) is 17.3. The molecule has 1 saturated carbocycles. The zero-order chi connectivity index (χ0) is 20.3. The SMILES string of the molecule is CC(C)[C@]1(CNC(=O)c2cc(Br)ccc2N)CCC(N(C)C2CCOCC2)C1. The normalized spacial score (nSPS) is 26.1. The van der Waals surface area contributed by atoms with Gasteiger partial charge in [-0.15, -0.1) is 0 Å². The minimum absolute atomic E-state index is 0.0833. The van der Waals surface area contributed by atoms with Crippen molar-refractivity contribution in [1.82, 2.24) is 10.2 Å². The highest BCUT2D eigenvalue weighted by Crippen LogP contribution is 2.46. The van der Waals surface area contributed by atoms with E-state index in [0.717, 1.165) is 43.4 Å². The van der Waals surface area contributed by atoms with Crippen LogP contribution in [0.2, 0.25) is 0 Å². The summed E-state index contributed by atoms with van der Waals surface area (Å²) in [5.74, 6) is 0.431. The maximum Gasteiger partial charge on any atom is 0.253 e. The highest BCUT2D eigenvalue weighted by Gasteiger charge is 2.44. The second kappa shape index (κ2) is 9.14. The second-order valence-corrected chi connectivity index (χ2v) is 9.75. The number of nitrogen functional groups attached to an aromatic ring is 1. The molecule has 5 nitrogen and oxygen atoms in total. The number of nitrogens with zero attached hydrogens (tertiary/aromatic N) is 1. The first-order valence-corrected chi connectivity index (χ1v) is 11.2. The lowest BCUT2D eigenvalue weighted by molar-refractivity contribution is 0.0260. The Morgan fingerprint density at radius 3 is 2.71 bits per heavy atom. The summed E-state index contributed by atoms with van der Waals surface area (Å²) in [6.07, 6.45) is 5.73. The van der Waals surface area contributed by atoms with Gasteiger partial charge in [0, 0.05) is 42.0 Å². The third kappa shape index (κ3) is 4.71. The van der Waals surface area contributed by atoms with Gasteiger partial charge in [0.25, 0.3) is 5.91 Å². The molecule has 0 spiro atoms. The zero-order valence-corrected chi connectivity index (χ0v) is 18.9. The smallest absolute Gasteiger partial charge is 0.253 e. The summed E-state index contributed by atoms with van der Waals surface area (Å²) in [7, 11) is 2.28. The quantitative estimate of drug-likeness (QED) is 0.639. The molecule has 3 N–H and O–H groups in total. The van der Waals surface area contributed by atoms with Crippen LogP contribution in [0.15, 0.2) is 22.7 Å². The molecule has 1 unspecified atom stereocenters. The molecule has 1 amide bonds. The van der Waals surface area contributed by atoms with E-state index < -0.39 is 0 Å². The van der Waals surface area contributed by atoms with Crippen molar-refractivity contribution in [3.63, 3.8) is 0 Å². The van der Waals surface area contributed by atoms with Crippen LogP contribution in [0.3, 0.4) is 0 Å². The largest absolute Gasteiger partial charge is 0.398 e. The molecule has 2 aliphatic rings. The summed E-state index contributed by atoms with van der Waals surface area (Å²) in [5, 5.41) is 3.19. The van der Waals surface area contributed by atoms with Crippen molar-refractivity contribution in [2.24, 2.45) is 11.3 Å². The minimum atomic E-state index is -0.0833. The Morgan fingerprint density at radius 2 is 2.04 bits per heavy atom. The molecular weight excluding hydrogens is 418 g/mol. The fourth-order valence-electron chi connectivity index (χ4n) is 4.83. The summed E-state index contributed by atoms with van der Waals surface area (Å²) >= 11 is 3.43. The standard InChI is InChI=1S/C22H34BrN3O2/c1-15(2)22(14-25-21(27)19-12-16(23)4-5-20(19)24)9-6-18(13-22)26(3)17-7-10-28-11-8-17/h4-5,12,15,17-18H,6-11,13-14,24H2,1-3H3,(H,25,27)/t18?,22-/m1/s1. The van der Waals surface area contributed by atoms with Gasteiger partial charge < -0.3 is 20.7 Å². The molecule has 1 aliphatic carbocycles. The summed E-state index contributed by atoms with van der Waals surface area (Å²) < 4.78 is 6.39. The molecule has 0 radical (unpaired) electrons. The number of halogens is 1. The molecule has 156 valence electrons. The van der Waals surface area contributed by atoms with Gasteiger partial charge in [-0.2, -0.15) is 0 Å². The molecular formula is C22H34BrN3O2. The van der Waals surface area contributed by atoms with Gasteiger partial charge in [0.1, 0.15) is 0 Å². The molecule has 1 aliphatic heterocycles. The Morgan fingerprint density at radius 1 is 1.32 bits per heavy atom. The molecule has 2 atom stereocenters. The van der Waals surface area contributed by atoms with Crippen LogP contribution in [0.25, 0.3) is 0 Å². The maximum atomic E-state index is 12.8. The first kappa shape index (κ1) is 21.6. The predicted molar refractivity (Wildman–Crippen MR) is 117 cm³/mol. The third-order valence-corrected chi connectivity index (χ3v) is 7.54. The number of anilines is 1. The van der Waals surface area contributed by atoms with Crippen molar-refractivity contribution in [3.05, 3.63) is 28.2 Å². The van der Waals surface area contributed by atoms with Crippen LogP contribution < -0.4 is 11.1 Å². The molecule has 6 heteroatoms. The van der Waals surface area contributed by atoms with Gasteiger partial charge in [0.05, 0.1) is 5.56 Å². The molecule has 28 heavy (non-hydrogen) atoms. The lowest BCUT2D eigenvalue weighted by Crippen LogP contribution is -2.44. The van der Waals surface area contributed by atoms with Gasteiger partial charge in [-0.05, 0) is 68.7 Å². The van der Waals surface area contributed by atoms with Gasteiger partial charge in [0.2, 0.25) is 0 Å². The van der Waals surface area contributed by atoms with Crippen molar-refractivity contribution in [2.75, 3.05) is 32.5 Å². The number of benzene rings is 1. The molecule has 1 heterocycles. The van der Waals surface area contributed by atoms with Crippen molar-refractivity contribution in [2.45, 2.75) is 58.0 Å². The molecule has 0 aromatic heterocycles. The van der Waals surface area contributed by atoms with Crippen LogP contribution in [0.4, 0.5) is 5.69 Å². The number of rotatable bonds is 6. The number of nitrogens with one attached hydrogen (secondary N) is 1. The van der Waals surface area contributed by atoms with E-state index in [9.17, 15) is 4.79 Å². The Labute approximate surface area is 177 Å². The lowest BCUT2D eigenvalue weighted by Gasteiger charge is -2.38. The van der Waals surface area contributed by atoms with Crippen molar-refractivity contribution < 1.29 is 9.53 Å². The van der Waals surface area contributed by atoms with E-state index in [1.165, 1.54) is 6.42 Å². The molecule has 0 bridgehead atoms. The van der Waals surface area contributed by atoms with Crippen LogP contribution in [-0.4, -0.2) is 49.7 Å². The number of hydrogen-bond donors (Lipinski definition) is 2. The van der Waals surface area contributed by atoms with E-state index in [4.69, 9.17) is 10.5 Å².